The van der Waals surface area contributed by atoms with Crippen molar-refractivity contribution in [2.24, 2.45) is 11.5 Å². The largest absolute Gasteiger partial charge is 0.345 e. The van der Waals surface area contributed by atoms with Crippen molar-refractivity contribution in [2.75, 3.05) is 39.7 Å². The number of rotatable bonds is 9. The van der Waals surface area contributed by atoms with Crippen LogP contribution >= 0.6 is 21.6 Å². The summed E-state index contributed by atoms with van der Waals surface area (Å²) >= 11 is 0. The van der Waals surface area contributed by atoms with Gasteiger partial charge in [0.05, 0.1) is 0 Å². The maximum atomic E-state index is 12.1. The van der Waals surface area contributed by atoms with Crippen LogP contribution in [-0.2, 0) is 0 Å². The number of hydrogen-bond donors (Lipinski definition) is 2. The smallest absolute Gasteiger partial charge is 0.253 e. The number of nitrogens with zero attached hydrogens (tertiary/aromatic N) is 2. The molecule has 0 fully saturated rings. The summed E-state index contributed by atoms with van der Waals surface area (Å²) in [4.78, 5) is 27.4. The van der Waals surface area contributed by atoms with Gasteiger partial charge < -0.3 is 21.3 Å². The van der Waals surface area contributed by atoms with Crippen LogP contribution in [0.5, 0.6) is 0 Å². The van der Waals surface area contributed by atoms with E-state index in [0.29, 0.717) is 22.6 Å². The zero-order valence-corrected chi connectivity index (χ0v) is 19.5. The first-order chi connectivity index (χ1) is 14.2. The van der Waals surface area contributed by atoms with Crippen molar-refractivity contribution in [2.45, 2.75) is 12.1 Å². The molecule has 0 aromatic heterocycles. The highest BCUT2D eigenvalue weighted by Crippen LogP contribution is 2.30. The maximum Gasteiger partial charge on any atom is 0.253 e. The van der Waals surface area contributed by atoms with Crippen LogP contribution in [0.15, 0.2) is 48.5 Å². The van der Waals surface area contributed by atoms with E-state index in [4.69, 9.17) is 11.5 Å². The number of carbonyl (C=O) groups is 2. The van der Waals surface area contributed by atoms with Crippen molar-refractivity contribution in [1.29, 1.82) is 0 Å². The van der Waals surface area contributed by atoms with E-state index >= 15 is 0 Å². The van der Waals surface area contributed by atoms with Gasteiger partial charge in [-0.1, -0.05) is 45.9 Å². The lowest BCUT2D eigenvalue weighted by molar-refractivity contribution is 0.0820. The molecule has 0 saturated heterocycles. The highest BCUT2D eigenvalue weighted by molar-refractivity contribution is 8.76. The van der Waals surface area contributed by atoms with Crippen molar-refractivity contribution in [3.8, 4) is 0 Å². The van der Waals surface area contributed by atoms with Crippen molar-refractivity contribution in [3.05, 3.63) is 70.8 Å². The molecule has 6 nitrogen and oxygen atoms in total. The molecule has 4 N–H and O–H groups in total. The third-order valence-corrected chi connectivity index (χ3v) is 6.99. The third kappa shape index (κ3) is 6.77. The highest BCUT2D eigenvalue weighted by Gasteiger charge is 2.14. The maximum absolute atomic E-state index is 12.1. The Morgan fingerprint density at radius 2 is 1.13 bits per heavy atom. The predicted octanol–water partition coefficient (Wildman–Crippen LogP) is 3.17. The Kier molecular flexibility index (Phi) is 9.23. The molecule has 0 heterocycles. The molecular formula is C22H30N4O2S2. The Hall–Kier alpha value is -2.00. The van der Waals surface area contributed by atoms with Gasteiger partial charge in [0.1, 0.15) is 0 Å². The average molecular weight is 447 g/mol. The van der Waals surface area contributed by atoms with Crippen LogP contribution in [0.4, 0.5) is 0 Å². The fourth-order valence-corrected chi connectivity index (χ4v) is 5.08. The molecule has 2 aromatic carbocycles. The zero-order valence-electron chi connectivity index (χ0n) is 17.9. The van der Waals surface area contributed by atoms with Crippen LogP contribution in [0.2, 0.25) is 0 Å². The van der Waals surface area contributed by atoms with Gasteiger partial charge in [-0.15, -0.1) is 0 Å². The van der Waals surface area contributed by atoms with E-state index in [-0.39, 0.29) is 23.9 Å². The van der Waals surface area contributed by atoms with Gasteiger partial charge in [-0.3, -0.25) is 9.59 Å². The summed E-state index contributed by atoms with van der Waals surface area (Å²) in [5.41, 5.74) is 15.8. The van der Waals surface area contributed by atoms with Crippen LogP contribution in [0.25, 0.3) is 0 Å². The van der Waals surface area contributed by atoms with Crippen molar-refractivity contribution >= 4 is 33.4 Å². The van der Waals surface area contributed by atoms with Gasteiger partial charge in [-0.2, -0.15) is 0 Å². The quantitative estimate of drug-likeness (QED) is 0.454. The second-order valence-corrected chi connectivity index (χ2v) is 9.98. The topological polar surface area (TPSA) is 92.7 Å². The Bertz CT molecular complexity index is 802. The van der Waals surface area contributed by atoms with Crippen LogP contribution in [-0.4, -0.2) is 61.3 Å². The fourth-order valence-electron chi connectivity index (χ4n) is 2.76. The van der Waals surface area contributed by atoms with E-state index in [2.05, 4.69) is 0 Å². The van der Waals surface area contributed by atoms with Gasteiger partial charge in [-0.25, -0.2) is 0 Å². The molecular weight excluding hydrogens is 416 g/mol. The summed E-state index contributed by atoms with van der Waals surface area (Å²) in [6.45, 7) is 0. The molecule has 0 spiro atoms. The van der Waals surface area contributed by atoms with Crippen molar-refractivity contribution in [1.82, 2.24) is 9.80 Å². The molecule has 2 aromatic rings. The second kappa shape index (κ2) is 11.4. The first kappa shape index (κ1) is 24.3. The first-order valence-corrected chi connectivity index (χ1v) is 12.1. The summed E-state index contributed by atoms with van der Waals surface area (Å²) in [5, 5.41) is 0. The molecule has 8 heteroatoms. The average Bonchev–Trinajstić information content (AvgIpc) is 2.75. The highest BCUT2D eigenvalue weighted by atomic mass is 33.1. The van der Waals surface area contributed by atoms with E-state index in [1.54, 1.807) is 71.7 Å². The molecule has 2 rings (SSSR count). The molecule has 0 aliphatic carbocycles. The normalized spacial score (nSPS) is 12.9. The van der Waals surface area contributed by atoms with Crippen LogP contribution in [0.1, 0.15) is 43.9 Å². The van der Waals surface area contributed by atoms with Gasteiger partial charge in [0.15, 0.2) is 0 Å². The standard InChI is InChI=1S/C22H30N4O2S2/c1-25(2)21(27)17-9-5-7-15(11-17)19(23)13-29-30-14-20(24)16-8-6-10-18(12-16)22(28)26(3)4/h5-12,19-20H,13-14,23-24H2,1-4H3. The summed E-state index contributed by atoms with van der Waals surface area (Å²) in [7, 11) is 10.2. The lowest BCUT2D eigenvalue weighted by Gasteiger charge is -2.16. The molecule has 0 aliphatic rings. The SMILES string of the molecule is CN(C)C(=O)c1cccc(C(N)CSSCC(N)c2cccc(C(=O)N(C)C)c2)c1. The monoisotopic (exact) mass is 446 g/mol. The van der Waals surface area contributed by atoms with Gasteiger partial charge in [0.25, 0.3) is 11.8 Å². The third-order valence-electron chi connectivity index (χ3n) is 4.51. The molecule has 2 amide bonds. The summed E-state index contributed by atoms with van der Waals surface area (Å²) in [5.74, 6) is 1.34. The van der Waals surface area contributed by atoms with Gasteiger partial charge >= 0.3 is 0 Å². The number of nitrogens with two attached hydrogens (primary N) is 2. The Morgan fingerprint density at radius 3 is 1.47 bits per heavy atom. The molecule has 2 unspecified atom stereocenters. The first-order valence-electron chi connectivity index (χ1n) is 9.59. The molecule has 0 bridgehead atoms. The van der Waals surface area contributed by atoms with E-state index in [0.717, 1.165) is 11.1 Å². The van der Waals surface area contributed by atoms with Gasteiger partial charge in [-0.05, 0) is 35.4 Å². The van der Waals surface area contributed by atoms with Crippen LogP contribution in [0, 0.1) is 0 Å². The second-order valence-electron chi connectivity index (χ2n) is 7.43. The molecule has 162 valence electrons. The number of hydrogen-bond acceptors (Lipinski definition) is 6. The predicted molar refractivity (Wildman–Crippen MR) is 128 cm³/mol. The lowest BCUT2D eigenvalue weighted by Crippen LogP contribution is -2.22. The van der Waals surface area contributed by atoms with E-state index in [1.165, 1.54) is 0 Å². The molecule has 0 radical (unpaired) electrons. The van der Waals surface area contributed by atoms with Crippen LogP contribution < -0.4 is 11.5 Å². The Morgan fingerprint density at radius 1 is 0.767 bits per heavy atom. The molecule has 30 heavy (non-hydrogen) atoms. The fraction of sp³-hybridized carbons (Fsp3) is 0.364. The minimum atomic E-state index is -0.172. The Balaban J connectivity index is 1.86. The minimum Gasteiger partial charge on any atom is -0.345 e. The van der Waals surface area contributed by atoms with Crippen molar-refractivity contribution in [3.63, 3.8) is 0 Å². The molecule has 2 atom stereocenters. The van der Waals surface area contributed by atoms with Gasteiger partial charge in [0.2, 0.25) is 0 Å². The van der Waals surface area contributed by atoms with Gasteiger partial charge in [0, 0.05) is 62.9 Å². The molecule has 0 aliphatic heterocycles. The number of benzene rings is 2. The minimum absolute atomic E-state index is 0.0352. The van der Waals surface area contributed by atoms with E-state index < -0.39 is 0 Å². The Labute approximate surface area is 186 Å². The molecule has 0 saturated carbocycles. The number of carbonyl (C=O) groups excluding carboxylic acids is 2. The zero-order chi connectivity index (χ0) is 22.3. The summed E-state index contributed by atoms with van der Waals surface area (Å²) in [6.07, 6.45) is 0. The van der Waals surface area contributed by atoms with Crippen molar-refractivity contribution < 1.29 is 9.59 Å². The van der Waals surface area contributed by atoms with E-state index in [1.807, 2.05) is 36.4 Å². The summed E-state index contributed by atoms with van der Waals surface area (Å²) in [6, 6.07) is 14.6. The van der Waals surface area contributed by atoms with Crippen LogP contribution in [0.3, 0.4) is 0 Å². The lowest BCUT2D eigenvalue weighted by atomic mass is 10.1. The summed E-state index contributed by atoms with van der Waals surface area (Å²) < 4.78 is 0. The van der Waals surface area contributed by atoms with E-state index in [9.17, 15) is 9.59 Å². The number of amides is 2.